The minimum Gasteiger partial charge on any atom is -0.293 e. The molecule has 0 aliphatic heterocycles. The summed E-state index contributed by atoms with van der Waals surface area (Å²) in [4.78, 5) is 4.05. The third-order valence-corrected chi connectivity index (χ3v) is 1.45. The molecule has 0 aliphatic carbocycles. The number of allylic oxidation sites excluding steroid dienone is 2. The van der Waals surface area contributed by atoms with E-state index in [1.54, 1.807) is 0 Å². The van der Waals surface area contributed by atoms with Crippen molar-refractivity contribution in [2.75, 3.05) is 7.05 Å². The molecule has 0 bridgehead atoms. The van der Waals surface area contributed by atoms with Gasteiger partial charge in [0.1, 0.15) is 0 Å². The Bertz CT molecular complexity index is 143. The molecule has 1 nitrogen and oxygen atoms in total. The lowest BCUT2D eigenvalue weighted by atomic mass is 10.1. The highest BCUT2D eigenvalue weighted by molar-refractivity contribution is 5.93. The first-order valence-corrected chi connectivity index (χ1v) is 3.81. The molecule has 0 aliphatic rings. The van der Waals surface area contributed by atoms with Crippen LogP contribution in [0.4, 0.5) is 0 Å². The van der Waals surface area contributed by atoms with Gasteiger partial charge in [0.2, 0.25) is 0 Å². The van der Waals surface area contributed by atoms with E-state index in [0.29, 0.717) is 0 Å². The van der Waals surface area contributed by atoms with Crippen LogP contribution in [-0.2, 0) is 0 Å². The highest BCUT2D eigenvalue weighted by Gasteiger charge is 1.87. The lowest BCUT2D eigenvalue weighted by Crippen LogP contribution is -1.86. The molecular formula is C9H17N. The van der Waals surface area contributed by atoms with Gasteiger partial charge in [0, 0.05) is 12.8 Å². The van der Waals surface area contributed by atoms with Crippen molar-refractivity contribution in [1.29, 1.82) is 0 Å². The Hall–Kier alpha value is -0.590. The second kappa shape index (κ2) is 5.21. The fraction of sp³-hybridized carbons (Fsp3) is 0.667. The van der Waals surface area contributed by atoms with Crippen molar-refractivity contribution >= 4 is 5.71 Å². The first-order valence-electron chi connectivity index (χ1n) is 3.81. The zero-order valence-electron chi connectivity index (χ0n) is 7.44. The Labute approximate surface area is 63.9 Å². The second-order valence-corrected chi connectivity index (χ2v) is 2.61. The van der Waals surface area contributed by atoms with Crippen LogP contribution >= 0.6 is 0 Å². The average molecular weight is 139 g/mol. The summed E-state index contributed by atoms with van der Waals surface area (Å²) in [5.74, 6) is 0. The normalized spacial score (nSPS) is 14.0. The van der Waals surface area contributed by atoms with Crippen LogP contribution in [-0.4, -0.2) is 12.8 Å². The first-order chi connectivity index (χ1) is 4.70. The van der Waals surface area contributed by atoms with Crippen molar-refractivity contribution in [1.82, 2.24) is 0 Å². The van der Waals surface area contributed by atoms with Crippen LogP contribution in [0.3, 0.4) is 0 Å². The monoisotopic (exact) mass is 139 g/mol. The number of nitrogens with zero attached hydrogens (tertiary/aromatic N) is 1. The number of hydrogen-bond donors (Lipinski definition) is 0. The Morgan fingerprint density at radius 3 is 2.40 bits per heavy atom. The Morgan fingerprint density at radius 2 is 2.00 bits per heavy atom. The van der Waals surface area contributed by atoms with E-state index in [4.69, 9.17) is 0 Å². The Kier molecular flexibility index (Phi) is 4.91. The van der Waals surface area contributed by atoms with E-state index >= 15 is 0 Å². The smallest absolute Gasteiger partial charge is 0.0313 e. The molecule has 58 valence electrons. The maximum absolute atomic E-state index is 4.05. The molecule has 0 N–H and O–H groups in total. The lowest BCUT2D eigenvalue weighted by Gasteiger charge is -1.95. The summed E-state index contributed by atoms with van der Waals surface area (Å²) in [6.07, 6.45) is 4.55. The van der Waals surface area contributed by atoms with Crippen molar-refractivity contribution in [3.63, 3.8) is 0 Å². The zero-order chi connectivity index (χ0) is 7.98. The van der Waals surface area contributed by atoms with E-state index in [1.165, 1.54) is 18.4 Å². The number of hydrogen-bond acceptors (Lipinski definition) is 1. The Balaban J connectivity index is 3.90. The highest BCUT2D eigenvalue weighted by atomic mass is 14.7. The van der Waals surface area contributed by atoms with Gasteiger partial charge in [-0.15, -0.1) is 0 Å². The van der Waals surface area contributed by atoms with Crippen molar-refractivity contribution in [3.8, 4) is 0 Å². The molecule has 0 heterocycles. The summed E-state index contributed by atoms with van der Waals surface area (Å²) in [7, 11) is 1.82. The fourth-order valence-electron chi connectivity index (χ4n) is 0.888. The van der Waals surface area contributed by atoms with Gasteiger partial charge in [-0.2, -0.15) is 0 Å². The molecule has 0 saturated heterocycles. The summed E-state index contributed by atoms with van der Waals surface area (Å²) in [5.41, 5.74) is 2.54. The predicted molar refractivity (Wildman–Crippen MR) is 47.7 cm³/mol. The van der Waals surface area contributed by atoms with Gasteiger partial charge in [-0.25, -0.2) is 0 Å². The van der Waals surface area contributed by atoms with Gasteiger partial charge in [0.15, 0.2) is 0 Å². The van der Waals surface area contributed by atoms with Crippen LogP contribution in [0.2, 0.25) is 0 Å². The highest BCUT2D eigenvalue weighted by Crippen LogP contribution is 2.02. The van der Waals surface area contributed by atoms with Gasteiger partial charge in [-0.05, 0) is 26.3 Å². The SMILES string of the molecule is CCC/C(C)=C\C(C)=NC. The standard InChI is InChI=1S/C9H17N/c1-5-6-8(2)7-9(3)10-4/h7H,5-6H2,1-4H3/b8-7-,10-9?. The van der Waals surface area contributed by atoms with Crippen LogP contribution in [0.5, 0.6) is 0 Å². The minimum absolute atomic E-state index is 1.12. The maximum atomic E-state index is 4.05. The van der Waals surface area contributed by atoms with Gasteiger partial charge in [-0.1, -0.05) is 18.9 Å². The molecule has 0 fully saturated rings. The third-order valence-electron chi connectivity index (χ3n) is 1.45. The molecule has 1 heteroatoms. The summed E-state index contributed by atoms with van der Waals surface area (Å²) in [5, 5.41) is 0. The molecule has 0 saturated carbocycles. The molecule has 0 spiro atoms. The largest absolute Gasteiger partial charge is 0.293 e. The van der Waals surface area contributed by atoms with E-state index in [9.17, 15) is 0 Å². The molecule has 0 aromatic heterocycles. The summed E-state index contributed by atoms with van der Waals surface area (Å²) in [6.45, 7) is 6.37. The minimum atomic E-state index is 1.12. The van der Waals surface area contributed by atoms with E-state index in [1.807, 2.05) is 14.0 Å². The lowest BCUT2D eigenvalue weighted by molar-refractivity contribution is 0.906. The van der Waals surface area contributed by atoms with Gasteiger partial charge in [0.05, 0.1) is 0 Å². The van der Waals surface area contributed by atoms with Gasteiger partial charge in [-0.3, -0.25) is 4.99 Å². The molecule has 0 amide bonds. The average Bonchev–Trinajstić information content (AvgIpc) is 1.88. The fourth-order valence-corrected chi connectivity index (χ4v) is 0.888. The molecular weight excluding hydrogens is 122 g/mol. The van der Waals surface area contributed by atoms with Crippen molar-refractivity contribution in [3.05, 3.63) is 11.6 Å². The quantitative estimate of drug-likeness (QED) is 0.533. The van der Waals surface area contributed by atoms with Crippen LogP contribution < -0.4 is 0 Å². The van der Waals surface area contributed by atoms with E-state index in [2.05, 4.69) is 24.9 Å². The zero-order valence-corrected chi connectivity index (χ0v) is 7.44. The predicted octanol–water partition coefficient (Wildman–Crippen LogP) is 2.82. The topological polar surface area (TPSA) is 12.4 Å². The summed E-state index contributed by atoms with van der Waals surface area (Å²) < 4.78 is 0. The summed E-state index contributed by atoms with van der Waals surface area (Å²) >= 11 is 0. The van der Waals surface area contributed by atoms with E-state index < -0.39 is 0 Å². The van der Waals surface area contributed by atoms with Gasteiger partial charge in [0.25, 0.3) is 0 Å². The molecule has 0 atom stereocenters. The van der Waals surface area contributed by atoms with Gasteiger partial charge < -0.3 is 0 Å². The van der Waals surface area contributed by atoms with Crippen molar-refractivity contribution in [2.45, 2.75) is 33.6 Å². The molecule has 0 aromatic rings. The van der Waals surface area contributed by atoms with Crippen LogP contribution in [0, 0.1) is 0 Å². The Morgan fingerprint density at radius 1 is 1.40 bits per heavy atom. The van der Waals surface area contributed by atoms with Gasteiger partial charge >= 0.3 is 0 Å². The number of rotatable bonds is 3. The van der Waals surface area contributed by atoms with E-state index in [-0.39, 0.29) is 0 Å². The first kappa shape index (κ1) is 9.41. The van der Waals surface area contributed by atoms with Crippen LogP contribution in [0.25, 0.3) is 0 Å². The molecule has 0 unspecified atom stereocenters. The van der Waals surface area contributed by atoms with Crippen molar-refractivity contribution < 1.29 is 0 Å². The molecule has 0 rings (SSSR count). The van der Waals surface area contributed by atoms with Crippen LogP contribution in [0.1, 0.15) is 33.6 Å². The molecule has 0 aromatic carbocycles. The summed E-state index contributed by atoms with van der Waals surface area (Å²) in [6, 6.07) is 0. The number of aliphatic imine (C=N–C) groups is 1. The molecule has 0 radical (unpaired) electrons. The van der Waals surface area contributed by atoms with Crippen molar-refractivity contribution in [2.24, 2.45) is 4.99 Å². The maximum Gasteiger partial charge on any atom is 0.0313 e. The molecule has 10 heavy (non-hydrogen) atoms. The van der Waals surface area contributed by atoms with Crippen LogP contribution in [0.15, 0.2) is 16.6 Å². The second-order valence-electron chi connectivity index (χ2n) is 2.61. The van der Waals surface area contributed by atoms with E-state index in [0.717, 1.165) is 5.71 Å². The third kappa shape index (κ3) is 4.30.